The highest BCUT2D eigenvalue weighted by Gasteiger charge is 2.29. The van der Waals surface area contributed by atoms with Gasteiger partial charge in [0, 0.05) is 12.6 Å². The number of rotatable bonds is 7. The molecule has 6 heteroatoms. The molecule has 0 atom stereocenters. The van der Waals surface area contributed by atoms with E-state index in [0.717, 1.165) is 0 Å². The zero-order chi connectivity index (χ0) is 14.5. The molecule has 0 heterocycles. The fourth-order valence-corrected chi connectivity index (χ4v) is 3.81. The highest BCUT2D eigenvalue weighted by Crippen LogP contribution is 2.22. The maximum absolute atomic E-state index is 12.5. The van der Waals surface area contributed by atoms with Gasteiger partial charge in [-0.25, -0.2) is 8.42 Å². The second-order valence-electron chi connectivity index (χ2n) is 4.30. The smallest absolute Gasteiger partial charge is 0.243 e. The summed E-state index contributed by atoms with van der Waals surface area (Å²) in [5, 5.41) is 18.3. The minimum absolute atomic E-state index is 0.0233. The maximum Gasteiger partial charge on any atom is 0.243 e. The van der Waals surface area contributed by atoms with Crippen molar-refractivity contribution in [1.29, 1.82) is 0 Å². The molecular formula is C13H21NO4S. The SMILES string of the molecule is CCC(CC)N(CCO)S(=O)(=O)c1ccc(O)cc1. The van der Waals surface area contributed by atoms with Crippen LogP contribution in [0.4, 0.5) is 0 Å². The summed E-state index contributed by atoms with van der Waals surface area (Å²) in [7, 11) is -3.64. The maximum atomic E-state index is 12.5. The molecule has 0 fully saturated rings. The lowest BCUT2D eigenvalue weighted by molar-refractivity contribution is 0.219. The number of aliphatic hydroxyl groups excluding tert-OH is 1. The van der Waals surface area contributed by atoms with Crippen LogP contribution in [0.3, 0.4) is 0 Å². The number of hydrogen-bond acceptors (Lipinski definition) is 4. The van der Waals surface area contributed by atoms with Gasteiger partial charge in [0.2, 0.25) is 10.0 Å². The number of phenols is 1. The topological polar surface area (TPSA) is 77.8 Å². The van der Waals surface area contributed by atoms with Crippen LogP contribution in [0.5, 0.6) is 5.75 Å². The summed E-state index contributed by atoms with van der Waals surface area (Å²) in [6.45, 7) is 3.71. The second kappa shape index (κ2) is 6.88. The molecular weight excluding hydrogens is 266 g/mol. The molecule has 0 aliphatic heterocycles. The summed E-state index contributed by atoms with van der Waals surface area (Å²) in [6, 6.07) is 5.30. The van der Waals surface area contributed by atoms with Gasteiger partial charge in [0.25, 0.3) is 0 Å². The van der Waals surface area contributed by atoms with E-state index in [2.05, 4.69) is 0 Å². The first-order valence-corrected chi connectivity index (χ1v) is 7.83. The van der Waals surface area contributed by atoms with Gasteiger partial charge >= 0.3 is 0 Å². The first kappa shape index (κ1) is 15.9. The van der Waals surface area contributed by atoms with E-state index in [1.165, 1.54) is 28.6 Å². The molecule has 0 bridgehead atoms. The lowest BCUT2D eigenvalue weighted by atomic mass is 10.2. The van der Waals surface area contributed by atoms with Gasteiger partial charge in [-0.05, 0) is 37.1 Å². The Balaban J connectivity index is 3.15. The Morgan fingerprint density at radius 1 is 1.16 bits per heavy atom. The normalized spacial score (nSPS) is 12.3. The molecule has 0 spiro atoms. The van der Waals surface area contributed by atoms with Crippen LogP contribution in [0.1, 0.15) is 26.7 Å². The Morgan fingerprint density at radius 3 is 2.11 bits per heavy atom. The molecule has 5 nitrogen and oxygen atoms in total. The van der Waals surface area contributed by atoms with E-state index in [9.17, 15) is 13.5 Å². The fourth-order valence-electron chi connectivity index (χ4n) is 2.05. The third-order valence-electron chi connectivity index (χ3n) is 3.11. The van der Waals surface area contributed by atoms with Crippen LogP contribution in [-0.4, -0.2) is 42.1 Å². The quantitative estimate of drug-likeness (QED) is 0.798. The predicted octanol–water partition coefficient (Wildman–Crippen LogP) is 1.56. The van der Waals surface area contributed by atoms with E-state index in [1.54, 1.807) is 0 Å². The number of benzene rings is 1. The lowest BCUT2D eigenvalue weighted by Crippen LogP contribution is -2.41. The zero-order valence-corrected chi connectivity index (χ0v) is 12.1. The molecule has 108 valence electrons. The van der Waals surface area contributed by atoms with Crippen molar-refractivity contribution >= 4 is 10.0 Å². The van der Waals surface area contributed by atoms with Crippen molar-refractivity contribution < 1.29 is 18.6 Å². The van der Waals surface area contributed by atoms with Crippen molar-refractivity contribution in [3.63, 3.8) is 0 Å². The van der Waals surface area contributed by atoms with Gasteiger partial charge in [0.15, 0.2) is 0 Å². The average molecular weight is 287 g/mol. The highest BCUT2D eigenvalue weighted by atomic mass is 32.2. The van der Waals surface area contributed by atoms with Crippen molar-refractivity contribution in [1.82, 2.24) is 4.31 Å². The summed E-state index contributed by atoms with van der Waals surface area (Å²) in [5.41, 5.74) is 0. The first-order valence-electron chi connectivity index (χ1n) is 6.39. The standard InChI is InChI=1S/C13H21NO4S/c1-3-11(4-2)14(9-10-15)19(17,18)13-7-5-12(16)6-8-13/h5-8,11,15-16H,3-4,9-10H2,1-2H3. The van der Waals surface area contributed by atoms with Crippen LogP contribution in [0.25, 0.3) is 0 Å². The molecule has 1 aromatic carbocycles. The molecule has 0 unspecified atom stereocenters. The van der Waals surface area contributed by atoms with Crippen LogP contribution in [0, 0.1) is 0 Å². The number of nitrogens with zero attached hydrogens (tertiary/aromatic N) is 1. The van der Waals surface area contributed by atoms with E-state index in [1.807, 2.05) is 13.8 Å². The first-order chi connectivity index (χ1) is 8.97. The molecule has 0 radical (unpaired) electrons. The molecule has 0 amide bonds. The minimum atomic E-state index is -3.64. The molecule has 1 aromatic rings. The summed E-state index contributed by atoms with van der Waals surface area (Å²) >= 11 is 0. The van der Waals surface area contributed by atoms with Crippen LogP contribution >= 0.6 is 0 Å². The number of hydrogen-bond donors (Lipinski definition) is 2. The van der Waals surface area contributed by atoms with Gasteiger partial charge in [0.1, 0.15) is 5.75 Å². The Morgan fingerprint density at radius 2 is 1.68 bits per heavy atom. The van der Waals surface area contributed by atoms with Gasteiger partial charge in [0.05, 0.1) is 11.5 Å². The van der Waals surface area contributed by atoms with E-state index >= 15 is 0 Å². The second-order valence-corrected chi connectivity index (χ2v) is 6.19. The van der Waals surface area contributed by atoms with Crippen LogP contribution in [-0.2, 0) is 10.0 Å². The van der Waals surface area contributed by atoms with Gasteiger partial charge in [-0.1, -0.05) is 13.8 Å². The van der Waals surface area contributed by atoms with Gasteiger partial charge in [-0.2, -0.15) is 4.31 Å². The van der Waals surface area contributed by atoms with Crippen molar-refractivity contribution in [3.05, 3.63) is 24.3 Å². The number of aliphatic hydroxyl groups is 1. The molecule has 0 saturated heterocycles. The molecule has 19 heavy (non-hydrogen) atoms. The summed E-state index contributed by atoms with van der Waals surface area (Å²) < 4.78 is 26.4. The third-order valence-corrected chi connectivity index (χ3v) is 5.08. The highest BCUT2D eigenvalue weighted by molar-refractivity contribution is 7.89. The number of phenolic OH excluding ortho intramolecular Hbond substituents is 1. The van der Waals surface area contributed by atoms with Gasteiger partial charge in [-0.15, -0.1) is 0 Å². The number of sulfonamides is 1. The molecule has 0 aliphatic carbocycles. The van der Waals surface area contributed by atoms with Crippen LogP contribution in [0.2, 0.25) is 0 Å². The Kier molecular flexibility index (Phi) is 5.78. The van der Waals surface area contributed by atoms with E-state index in [-0.39, 0.29) is 29.8 Å². The van der Waals surface area contributed by atoms with E-state index in [4.69, 9.17) is 5.11 Å². The molecule has 0 saturated carbocycles. The molecule has 1 rings (SSSR count). The Hall–Kier alpha value is -1.11. The predicted molar refractivity (Wildman–Crippen MR) is 73.5 cm³/mol. The van der Waals surface area contributed by atoms with Gasteiger partial charge < -0.3 is 10.2 Å². The van der Waals surface area contributed by atoms with Crippen LogP contribution in [0.15, 0.2) is 29.2 Å². The Bertz CT molecular complexity index is 480. The fraction of sp³-hybridized carbons (Fsp3) is 0.538. The molecule has 2 N–H and O–H groups in total. The summed E-state index contributed by atoms with van der Waals surface area (Å²) in [6.07, 6.45) is 1.38. The minimum Gasteiger partial charge on any atom is -0.508 e. The molecule has 0 aliphatic rings. The lowest BCUT2D eigenvalue weighted by Gasteiger charge is -2.29. The van der Waals surface area contributed by atoms with Crippen LogP contribution < -0.4 is 0 Å². The van der Waals surface area contributed by atoms with Crippen molar-refractivity contribution in [2.75, 3.05) is 13.2 Å². The van der Waals surface area contributed by atoms with Crippen molar-refractivity contribution in [3.8, 4) is 5.75 Å². The monoisotopic (exact) mass is 287 g/mol. The van der Waals surface area contributed by atoms with E-state index < -0.39 is 10.0 Å². The average Bonchev–Trinajstić information content (AvgIpc) is 2.39. The van der Waals surface area contributed by atoms with Crippen molar-refractivity contribution in [2.24, 2.45) is 0 Å². The zero-order valence-electron chi connectivity index (χ0n) is 11.3. The van der Waals surface area contributed by atoms with Crippen molar-refractivity contribution in [2.45, 2.75) is 37.6 Å². The molecule has 0 aromatic heterocycles. The number of aromatic hydroxyl groups is 1. The van der Waals surface area contributed by atoms with E-state index in [0.29, 0.717) is 12.8 Å². The summed E-state index contributed by atoms with van der Waals surface area (Å²) in [4.78, 5) is 0.130. The Labute approximate surface area is 114 Å². The van der Waals surface area contributed by atoms with Gasteiger partial charge in [-0.3, -0.25) is 0 Å². The third kappa shape index (κ3) is 3.68. The summed E-state index contributed by atoms with van der Waals surface area (Å²) in [5.74, 6) is 0.0233. The largest absolute Gasteiger partial charge is 0.508 e.